The Morgan fingerprint density at radius 1 is 1.41 bits per heavy atom. The summed E-state index contributed by atoms with van der Waals surface area (Å²) in [5.41, 5.74) is 2.14. The second kappa shape index (κ2) is 6.74. The lowest BCUT2D eigenvalue weighted by atomic mass is 10.2. The van der Waals surface area contributed by atoms with Gasteiger partial charge in [0, 0.05) is 12.2 Å². The molecule has 0 aliphatic rings. The molecule has 0 spiro atoms. The van der Waals surface area contributed by atoms with Crippen molar-refractivity contribution in [3.8, 4) is 0 Å². The molecule has 0 saturated heterocycles. The lowest BCUT2D eigenvalue weighted by Gasteiger charge is -2.22. The number of anilines is 1. The molecule has 0 aliphatic heterocycles. The minimum Gasteiger partial charge on any atom is -0.480 e. The van der Waals surface area contributed by atoms with E-state index in [0.29, 0.717) is 0 Å². The number of nitrogens with zero attached hydrogens (tertiary/aromatic N) is 1. The van der Waals surface area contributed by atoms with Crippen LogP contribution in [0.15, 0.2) is 36.9 Å². The van der Waals surface area contributed by atoms with Crippen molar-refractivity contribution in [3.05, 3.63) is 42.5 Å². The third-order valence-electron chi connectivity index (χ3n) is 2.56. The van der Waals surface area contributed by atoms with E-state index in [2.05, 4.69) is 6.58 Å². The fourth-order valence-electron chi connectivity index (χ4n) is 1.64. The number of aryl methyl sites for hydroxylation is 1. The molecular weight excluding hydrogens is 214 g/mol. The van der Waals surface area contributed by atoms with Gasteiger partial charge in [-0.25, -0.2) is 0 Å². The monoisotopic (exact) mass is 233 g/mol. The van der Waals surface area contributed by atoms with Gasteiger partial charge in [-0.05, 0) is 31.9 Å². The highest BCUT2D eigenvalue weighted by Crippen LogP contribution is 2.15. The van der Waals surface area contributed by atoms with Crippen molar-refractivity contribution >= 4 is 11.7 Å². The molecular formula is C14H19NO2. The molecule has 0 amide bonds. The van der Waals surface area contributed by atoms with Gasteiger partial charge in [0.1, 0.15) is 6.54 Å². The van der Waals surface area contributed by atoms with Crippen molar-refractivity contribution in [1.82, 2.24) is 0 Å². The summed E-state index contributed by atoms with van der Waals surface area (Å²) in [4.78, 5) is 12.7. The van der Waals surface area contributed by atoms with E-state index in [1.54, 1.807) is 0 Å². The van der Waals surface area contributed by atoms with Crippen LogP contribution in [0.5, 0.6) is 0 Å². The number of hydrogen-bond donors (Lipinski definition) is 1. The number of carboxylic acids is 1. The molecule has 0 bridgehead atoms. The maximum Gasteiger partial charge on any atom is 0.323 e. The van der Waals surface area contributed by atoms with Crippen molar-refractivity contribution in [2.45, 2.75) is 19.8 Å². The van der Waals surface area contributed by atoms with Crippen molar-refractivity contribution in [3.63, 3.8) is 0 Å². The van der Waals surface area contributed by atoms with Crippen LogP contribution in [0, 0.1) is 6.92 Å². The minimum absolute atomic E-state index is 0.0419. The first-order valence-corrected chi connectivity index (χ1v) is 5.78. The van der Waals surface area contributed by atoms with Crippen LogP contribution in [0.25, 0.3) is 0 Å². The van der Waals surface area contributed by atoms with Crippen LogP contribution in [0.4, 0.5) is 5.69 Å². The van der Waals surface area contributed by atoms with Crippen LogP contribution in [-0.4, -0.2) is 24.2 Å². The van der Waals surface area contributed by atoms with E-state index >= 15 is 0 Å². The van der Waals surface area contributed by atoms with Crippen LogP contribution in [-0.2, 0) is 4.79 Å². The van der Waals surface area contributed by atoms with Gasteiger partial charge in [0.05, 0.1) is 0 Å². The Balaban J connectivity index is 2.70. The smallest absolute Gasteiger partial charge is 0.323 e. The van der Waals surface area contributed by atoms with Gasteiger partial charge < -0.3 is 10.0 Å². The Morgan fingerprint density at radius 2 is 2.06 bits per heavy atom. The van der Waals surface area contributed by atoms with E-state index in [1.165, 1.54) is 5.56 Å². The van der Waals surface area contributed by atoms with Crippen molar-refractivity contribution < 1.29 is 9.90 Å². The van der Waals surface area contributed by atoms with Crippen molar-refractivity contribution in [1.29, 1.82) is 0 Å². The standard InChI is InChI=1S/C14H19NO2/c1-3-4-5-10-15(11-14(16)17)13-8-6-12(2)7-9-13/h3,6-9H,1,4-5,10-11H2,2H3,(H,16,17). The average Bonchev–Trinajstić information content (AvgIpc) is 2.28. The minimum atomic E-state index is -0.802. The van der Waals surface area contributed by atoms with E-state index in [9.17, 15) is 4.79 Å². The summed E-state index contributed by atoms with van der Waals surface area (Å²) >= 11 is 0. The number of rotatable bonds is 7. The molecule has 0 saturated carbocycles. The topological polar surface area (TPSA) is 40.5 Å². The SMILES string of the molecule is C=CCCCN(CC(=O)O)c1ccc(C)cc1. The summed E-state index contributed by atoms with van der Waals surface area (Å²) in [6, 6.07) is 7.92. The highest BCUT2D eigenvalue weighted by Gasteiger charge is 2.09. The molecule has 0 aromatic heterocycles. The molecule has 0 aliphatic carbocycles. The van der Waals surface area contributed by atoms with Crippen LogP contribution >= 0.6 is 0 Å². The largest absolute Gasteiger partial charge is 0.480 e. The number of hydrogen-bond acceptors (Lipinski definition) is 2. The second-order valence-corrected chi connectivity index (χ2v) is 4.08. The van der Waals surface area contributed by atoms with Gasteiger partial charge in [-0.3, -0.25) is 4.79 Å². The zero-order valence-corrected chi connectivity index (χ0v) is 10.2. The molecule has 17 heavy (non-hydrogen) atoms. The Kier molecular flexibility index (Phi) is 5.27. The zero-order chi connectivity index (χ0) is 12.7. The molecule has 1 aromatic carbocycles. The Bertz CT molecular complexity index is 370. The maximum absolute atomic E-state index is 10.8. The van der Waals surface area contributed by atoms with Crippen LogP contribution < -0.4 is 4.90 Å². The lowest BCUT2D eigenvalue weighted by molar-refractivity contribution is -0.135. The molecule has 0 radical (unpaired) electrons. The van der Waals surface area contributed by atoms with Crippen LogP contribution in [0.1, 0.15) is 18.4 Å². The lowest BCUT2D eigenvalue weighted by Crippen LogP contribution is -2.30. The fraction of sp³-hybridized carbons (Fsp3) is 0.357. The van der Waals surface area contributed by atoms with E-state index < -0.39 is 5.97 Å². The van der Waals surface area contributed by atoms with E-state index in [4.69, 9.17) is 5.11 Å². The summed E-state index contributed by atoms with van der Waals surface area (Å²) in [6.45, 7) is 6.46. The summed E-state index contributed by atoms with van der Waals surface area (Å²) in [7, 11) is 0. The molecule has 1 N–H and O–H groups in total. The van der Waals surface area contributed by atoms with Gasteiger partial charge in [0.25, 0.3) is 0 Å². The van der Waals surface area contributed by atoms with E-state index in [0.717, 1.165) is 25.1 Å². The highest BCUT2D eigenvalue weighted by atomic mass is 16.4. The second-order valence-electron chi connectivity index (χ2n) is 4.08. The van der Waals surface area contributed by atoms with Crippen molar-refractivity contribution in [2.24, 2.45) is 0 Å². The molecule has 92 valence electrons. The summed E-state index contributed by atoms with van der Waals surface area (Å²) in [5, 5.41) is 8.89. The number of aliphatic carboxylic acids is 1. The van der Waals surface area contributed by atoms with Crippen LogP contribution in [0.3, 0.4) is 0 Å². The molecule has 3 heteroatoms. The number of carbonyl (C=O) groups is 1. The average molecular weight is 233 g/mol. The molecule has 0 fully saturated rings. The fourth-order valence-corrected chi connectivity index (χ4v) is 1.64. The third kappa shape index (κ3) is 4.72. The van der Waals surface area contributed by atoms with Gasteiger partial charge in [-0.15, -0.1) is 6.58 Å². The van der Waals surface area contributed by atoms with Gasteiger partial charge in [-0.2, -0.15) is 0 Å². The van der Waals surface area contributed by atoms with Crippen molar-refractivity contribution in [2.75, 3.05) is 18.0 Å². The number of benzene rings is 1. The number of allylic oxidation sites excluding steroid dienone is 1. The van der Waals surface area contributed by atoms with Gasteiger partial charge >= 0.3 is 5.97 Å². The Labute approximate surface area is 102 Å². The Morgan fingerprint density at radius 3 is 2.59 bits per heavy atom. The van der Waals surface area contributed by atoms with E-state index in [1.807, 2.05) is 42.2 Å². The summed E-state index contributed by atoms with van der Waals surface area (Å²) in [5.74, 6) is -0.802. The molecule has 1 rings (SSSR count). The zero-order valence-electron chi connectivity index (χ0n) is 10.2. The molecule has 1 aromatic rings. The number of unbranched alkanes of at least 4 members (excludes halogenated alkanes) is 1. The van der Waals surface area contributed by atoms with Gasteiger partial charge in [0.2, 0.25) is 0 Å². The molecule has 3 nitrogen and oxygen atoms in total. The molecule has 0 heterocycles. The first-order chi connectivity index (χ1) is 8.13. The normalized spacial score (nSPS) is 9.94. The first kappa shape index (κ1) is 13.3. The van der Waals surface area contributed by atoms with Gasteiger partial charge in [-0.1, -0.05) is 23.8 Å². The predicted molar refractivity (Wildman–Crippen MR) is 70.5 cm³/mol. The van der Waals surface area contributed by atoms with Gasteiger partial charge in [0.15, 0.2) is 0 Å². The maximum atomic E-state index is 10.8. The third-order valence-corrected chi connectivity index (χ3v) is 2.56. The quantitative estimate of drug-likeness (QED) is 0.581. The number of carboxylic acid groups (broad SMARTS) is 1. The summed E-state index contributed by atoms with van der Waals surface area (Å²) in [6.07, 6.45) is 3.68. The predicted octanol–water partition coefficient (Wildman–Crippen LogP) is 2.85. The molecule has 0 atom stereocenters. The van der Waals surface area contributed by atoms with Crippen LogP contribution in [0.2, 0.25) is 0 Å². The van der Waals surface area contributed by atoms with E-state index in [-0.39, 0.29) is 6.54 Å². The molecule has 0 unspecified atom stereocenters. The Hall–Kier alpha value is -1.77. The first-order valence-electron chi connectivity index (χ1n) is 5.78. The summed E-state index contributed by atoms with van der Waals surface area (Å²) < 4.78 is 0. The highest BCUT2D eigenvalue weighted by molar-refractivity contribution is 5.73.